The summed E-state index contributed by atoms with van der Waals surface area (Å²) in [6.07, 6.45) is 5.81. The lowest BCUT2D eigenvalue weighted by atomic mass is 10.0. The number of hydrogen-bond donors (Lipinski definition) is 3. The second-order valence-electron chi connectivity index (χ2n) is 7.99. The number of fused-ring (bicyclic) bond motifs is 3. The molecule has 1 aromatic heterocycles. The first-order valence-electron chi connectivity index (χ1n) is 10.4. The SMILES string of the molecule is CC(C)NC=O.NC(=O)c1cn2c(n1)-c1cc(C#CC3(O)CCCC3)ccc1OCC2. The molecule has 0 unspecified atom stereocenters. The van der Waals surface area contributed by atoms with Gasteiger partial charge in [0.15, 0.2) is 0 Å². The van der Waals surface area contributed by atoms with Gasteiger partial charge in [0.2, 0.25) is 6.41 Å². The topological polar surface area (TPSA) is 119 Å². The van der Waals surface area contributed by atoms with Crippen LogP contribution in [0.5, 0.6) is 5.75 Å². The number of carbonyl (C=O) groups excluding carboxylic acids is 2. The largest absolute Gasteiger partial charge is 0.491 e. The molecule has 4 N–H and O–H groups in total. The number of benzene rings is 1. The van der Waals surface area contributed by atoms with Crippen molar-refractivity contribution in [2.45, 2.75) is 57.7 Å². The van der Waals surface area contributed by atoms with Gasteiger partial charge in [0, 0.05) is 17.8 Å². The number of hydrogen-bond acceptors (Lipinski definition) is 5. The average Bonchev–Trinajstić information content (AvgIpc) is 3.31. The van der Waals surface area contributed by atoms with Crippen molar-refractivity contribution in [3.63, 3.8) is 0 Å². The van der Waals surface area contributed by atoms with E-state index in [2.05, 4.69) is 22.1 Å². The number of aliphatic hydroxyl groups is 1. The van der Waals surface area contributed by atoms with Crippen molar-refractivity contribution in [1.29, 1.82) is 0 Å². The van der Waals surface area contributed by atoms with Crippen LogP contribution in [0.15, 0.2) is 24.4 Å². The van der Waals surface area contributed by atoms with Gasteiger partial charge in [0.25, 0.3) is 5.91 Å². The Morgan fingerprint density at radius 1 is 1.39 bits per heavy atom. The predicted octanol–water partition coefficient (Wildman–Crippen LogP) is 1.84. The van der Waals surface area contributed by atoms with Gasteiger partial charge in [0.1, 0.15) is 29.5 Å². The summed E-state index contributed by atoms with van der Waals surface area (Å²) in [5.41, 5.74) is 6.26. The van der Waals surface area contributed by atoms with Crippen LogP contribution in [-0.4, -0.2) is 45.2 Å². The molecule has 1 fully saturated rings. The highest BCUT2D eigenvalue weighted by Gasteiger charge is 2.28. The van der Waals surface area contributed by atoms with Gasteiger partial charge in [0.05, 0.1) is 12.1 Å². The molecule has 164 valence electrons. The van der Waals surface area contributed by atoms with Crippen LogP contribution in [0.4, 0.5) is 0 Å². The first-order chi connectivity index (χ1) is 14.8. The molecule has 0 atom stereocenters. The molecule has 1 aliphatic carbocycles. The van der Waals surface area contributed by atoms with Crippen LogP contribution in [0.2, 0.25) is 0 Å². The third kappa shape index (κ3) is 5.64. The molecular formula is C23H28N4O4. The minimum atomic E-state index is -0.874. The summed E-state index contributed by atoms with van der Waals surface area (Å²) in [5, 5.41) is 12.9. The molecular weight excluding hydrogens is 396 g/mol. The summed E-state index contributed by atoms with van der Waals surface area (Å²) in [7, 11) is 0. The van der Waals surface area contributed by atoms with Gasteiger partial charge in [-0.2, -0.15) is 0 Å². The summed E-state index contributed by atoms with van der Waals surface area (Å²) < 4.78 is 7.64. The van der Waals surface area contributed by atoms with Gasteiger partial charge in [-0.3, -0.25) is 9.59 Å². The van der Waals surface area contributed by atoms with Gasteiger partial charge in [-0.15, -0.1) is 0 Å². The number of nitrogens with two attached hydrogens (primary N) is 1. The van der Waals surface area contributed by atoms with Gasteiger partial charge in [-0.25, -0.2) is 4.98 Å². The summed E-state index contributed by atoms with van der Waals surface area (Å²) >= 11 is 0. The van der Waals surface area contributed by atoms with Crippen LogP contribution in [0.1, 0.15) is 55.6 Å². The molecule has 31 heavy (non-hydrogen) atoms. The maximum Gasteiger partial charge on any atom is 0.268 e. The second-order valence-corrected chi connectivity index (χ2v) is 7.99. The fourth-order valence-electron chi connectivity index (χ4n) is 3.49. The van der Waals surface area contributed by atoms with Crippen molar-refractivity contribution in [2.75, 3.05) is 6.61 Å². The minimum Gasteiger partial charge on any atom is -0.491 e. The minimum absolute atomic E-state index is 0.236. The van der Waals surface area contributed by atoms with Crippen molar-refractivity contribution in [3.05, 3.63) is 35.7 Å². The normalized spacial score (nSPS) is 15.7. The molecule has 0 radical (unpaired) electrons. The third-order valence-corrected chi connectivity index (χ3v) is 5.11. The van der Waals surface area contributed by atoms with Crippen LogP contribution < -0.4 is 15.8 Å². The lowest BCUT2D eigenvalue weighted by Crippen LogP contribution is -2.20. The first kappa shape index (κ1) is 22.4. The van der Waals surface area contributed by atoms with E-state index in [1.807, 2.05) is 36.6 Å². The number of aromatic nitrogens is 2. The Kier molecular flexibility index (Phi) is 6.98. The number of nitrogens with one attached hydrogen (secondary N) is 1. The van der Waals surface area contributed by atoms with Crippen LogP contribution >= 0.6 is 0 Å². The van der Waals surface area contributed by atoms with E-state index in [1.54, 1.807) is 6.20 Å². The van der Waals surface area contributed by atoms with Crippen LogP contribution in [0, 0.1) is 11.8 Å². The van der Waals surface area contributed by atoms with E-state index >= 15 is 0 Å². The number of rotatable bonds is 3. The standard InChI is InChI=1S/C19H19N3O3.C4H9NO/c20-17(23)15-12-22-9-10-25-16-4-3-13(11-14(16)18(22)21-15)5-8-19(24)6-1-2-7-19;1-4(2)5-3-6/h3-4,11-12,24H,1-2,6-7,9-10H2,(H2,20,23);3-4H,1-2H3,(H,5,6). The van der Waals surface area contributed by atoms with Crippen LogP contribution in [0.25, 0.3) is 11.4 Å². The number of primary amides is 1. The Bertz CT molecular complexity index is 1010. The molecule has 0 saturated heterocycles. The van der Waals surface area contributed by atoms with E-state index in [0.717, 1.165) is 36.8 Å². The van der Waals surface area contributed by atoms with Crippen molar-refractivity contribution in [2.24, 2.45) is 5.73 Å². The average molecular weight is 425 g/mol. The van der Waals surface area contributed by atoms with Crippen molar-refractivity contribution < 1.29 is 19.4 Å². The smallest absolute Gasteiger partial charge is 0.268 e. The van der Waals surface area contributed by atoms with Crippen LogP contribution in [-0.2, 0) is 11.3 Å². The van der Waals surface area contributed by atoms with Gasteiger partial charge >= 0.3 is 0 Å². The molecule has 4 rings (SSSR count). The zero-order valence-electron chi connectivity index (χ0n) is 17.9. The summed E-state index contributed by atoms with van der Waals surface area (Å²) in [4.78, 5) is 25.3. The highest BCUT2D eigenvalue weighted by atomic mass is 16.5. The monoisotopic (exact) mass is 424 g/mol. The molecule has 8 heteroatoms. The number of amides is 2. The van der Waals surface area contributed by atoms with E-state index in [4.69, 9.17) is 10.5 Å². The van der Waals surface area contributed by atoms with Gasteiger partial charge in [-0.05, 0) is 57.7 Å². The number of nitrogens with zero attached hydrogens (tertiary/aromatic N) is 2. The fourth-order valence-corrected chi connectivity index (χ4v) is 3.49. The highest BCUT2D eigenvalue weighted by molar-refractivity contribution is 5.91. The molecule has 2 heterocycles. The maximum atomic E-state index is 11.4. The Labute approximate surface area is 181 Å². The Morgan fingerprint density at radius 2 is 2.13 bits per heavy atom. The first-order valence-corrected chi connectivity index (χ1v) is 10.4. The van der Waals surface area contributed by atoms with Crippen molar-refractivity contribution >= 4 is 12.3 Å². The quantitative estimate of drug-likeness (QED) is 0.513. The van der Waals surface area contributed by atoms with E-state index in [9.17, 15) is 14.7 Å². The molecule has 8 nitrogen and oxygen atoms in total. The summed E-state index contributed by atoms with van der Waals surface area (Å²) in [6.45, 7) is 4.90. The summed E-state index contributed by atoms with van der Waals surface area (Å²) in [5.74, 6) is 6.87. The molecule has 2 amide bonds. The summed E-state index contributed by atoms with van der Waals surface area (Å²) in [6, 6.07) is 5.89. The van der Waals surface area contributed by atoms with Gasteiger partial charge < -0.3 is 25.5 Å². The van der Waals surface area contributed by atoms with Crippen molar-refractivity contribution in [1.82, 2.24) is 14.9 Å². The Hall–Kier alpha value is -3.31. The fraction of sp³-hybridized carbons (Fsp3) is 0.435. The van der Waals surface area contributed by atoms with Gasteiger partial charge in [-0.1, -0.05) is 11.8 Å². The molecule has 0 spiro atoms. The molecule has 2 aliphatic rings. The van der Waals surface area contributed by atoms with E-state index in [0.29, 0.717) is 31.1 Å². The molecule has 0 bridgehead atoms. The van der Waals surface area contributed by atoms with E-state index in [-0.39, 0.29) is 11.7 Å². The number of imidazole rings is 1. The number of ether oxygens (including phenoxy) is 1. The Morgan fingerprint density at radius 3 is 2.74 bits per heavy atom. The maximum absolute atomic E-state index is 11.4. The lowest BCUT2D eigenvalue weighted by Gasteiger charge is -2.13. The zero-order chi connectivity index (χ0) is 22.4. The zero-order valence-corrected chi connectivity index (χ0v) is 17.9. The third-order valence-electron chi connectivity index (χ3n) is 5.11. The molecule has 1 aromatic carbocycles. The predicted molar refractivity (Wildman–Crippen MR) is 116 cm³/mol. The van der Waals surface area contributed by atoms with Crippen molar-refractivity contribution in [3.8, 4) is 29.0 Å². The molecule has 2 aromatic rings. The Balaban J connectivity index is 0.000000401. The second kappa shape index (κ2) is 9.67. The molecule has 1 aliphatic heterocycles. The molecule has 1 saturated carbocycles. The lowest BCUT2D eigenvalue weighted by molar-refractivity contribution is -0.109. The van der Waals surface area contributed by atoms with E-state index in [1.165, 1.54) is 0 Å². The van der Waals surface area contributed by atoms with E-state index < -0.39 is 11.5 Å². The highest BCUT2D eigenvalue weighted by Crippen LogP contribution is 2.33. The number of carbonyl (C=O) groups is 2. The van der Waals surface area contributed by atoms with Crippen LogP contribution in [0.3, 0.4) is 0 Å².